The van der Waals surface area contributed by atoms with Crippen molar-refractivity contribution in [1.29, 1.82) is 0 Å². The first-order valence-corrected chi connectivity index (χ1v) is 5.21. The predicted molar refractivity (Wildman–Crippen MR) is 60.2 cm³/mol. The molecule has 1 aromatic heterocycles. The van der Waals surface area contributed by atoms with Crippen LogP contribution in [0.15, 0.2) is 0 Å². The summed E-state index contributed by atoms with van der Waals surface area (Å²) >= 11 is 0. The molecular formula is C11H14F2N2O3. The number of amides is 1. The van der Waals surface area contributed by atoms with E-state index in [2.05, 4.69) is 4.98 Å². The molecule has 0 atom stereocenters. The summed E-state index contributed by atoms with van der Waals surface area (Å²) in [5, 5.41) is 8.89. The van der Waals surface area contributed by atoms with Crippen molar-refractivity contribution in [2.45, 2.75) is 20.3 Å². The fraction of sp³-hybridized carbons (Fsp3) is 0.455. The minimum absolute atomic E-state index is 0.0960. The van der Waals surface area contributed by atoms with Crippen molar-refractivity contribution in [3.05, 3.63) is 22.5 Å². The van der Waals surface area contributed by atoms with Crippen LogP contribution in [0.3, 0.4) is 0 Å². The van der Waals surface area contributed by atoms with Crippen molar-refractivity contribution in [2.24, 2.45) is 0 Å². The smallest absolute Gasteiger partial charge is 0.352 e. The summed E-state index contributed by atoms with van der Waals surface area (Å²) in [7, 11) is 1.25. The van der Waals surface area contributed by atoms with E-state index >= 15 is 0 Å². The number of carbonyl (C=O) groups excluding carboxylic acids is 1. The van der Waals surface area contributed by atoms with Crippen LogP contribution in [-0.2, 0) is 0 Å². The van der Waals surface area contributed by atoms with Gasteiger partial charge in [-0.15, -0.1) is 0 Å². The number of nitrogens with zero attached hydrogens (tertiary/aromatic N) is 1. The van der Waals surface area contributed by atoms with Crippen LogP contribution in [0.25, 0.3) is 0 Å². The molecule has 7 heteroatoms. The number of nitrogens with one attached hydrogen (secondary N) is 1. The third-order valence-electron chi connectivity index (χ3n) is 2.62. The van der Waals surface area contributed by atoms with Gasteiger partial charge in [0.2, 0.25) is 0 Å². The second-order valence-electron chi connectivity index (χ2n) is 4.01. The van der Waals surface area contributed by atoms with E-state index in [9.17, 15) is 18.4 Å². The highest BCUT2D eigenvalue weighted by Gasteiger charge is 2.24. The molecule has 0 unspecified atom stereocenters. The summed E-state index contributed by atoms with van der Waals surface area (Å²) in [4.78, 5) is 26.3. The lowest BCUT2D eigenvalue weighted by molar-refractivity contribution is 0.0619. The molecule has 0 aromatic carbocycles. The molecule has 0 saturated heterocycles. The maximum atomic E-state index is 12.2. The summed E-state index contributed by atoms with van der Waals surface area (Å²) in [6.45, 7) is 2.31. The third kappa shape index (κ3) is 2.66. The van der Waals surface area contributed by atoms with Gasteiger partial charge in [-0.2, -0.15) is 0 Å². The van der Waals surface area contributed by atoms with Gasteiger partial charge in [0.15, 0.2) is 0 Å². The second kappa shape index (κ2) is 5.16. The number of halogens is 2. The number of carboxylic acid groups (broad SMARTS) is 1. The van der Waals surface area contributed by atoms with Crippen molar-refractivity contribution in [3.8, 4) is 0 Å². The lowest BCUT2D eigenvalue weighted by Gasteiger charge is -2.16. The van der Waals surface area contributed by atoms with Gasteiger partial charge in [-0.25, -0.2) is 13.6 Å². The zero-order valence-electron chi connectivity index (χ0n) is 10.3. The minimum Gasteiger partial charge on any atom is -0.477 e. The molecular weight excluding hydrogens is 246 g/mol. The Balaban J connectivity index is 3.10. The molecule has 0 aliphatic heterocycles. The van der Waals surface area contributed by atoms with Gasteiger partial charge < -0.3 is 15.0 Å². The van der Waals surface area contributed by atoms with Crippen LogP contribution in [0, 0.1) is 13.8 Å². The number of carbonyl (C=O) groups is 2. The van der Waals surface area contributed by atoms with E-state index in [1.165, 1.54) is 20.9 Å². The molecule has 0 radical (unpaired) electrons. The Hall–Kier alpha value is -1.92. The van der Waals surface area contributed by atoms with Crippen molar-refractivity contribution in [2.75, 3.05) is 13.6 Å². The molecule has 0 bridgehead atoms. The van der Waals surface area contributed by atoms with E-state index in [0.29, 0.717) is 5.69 Å². The molecule has 100 valence electrons. The average Bonchev–Trinajstić information content (AvgIpc) is 2.52. The SMILES string of the molecule is Cc1[nH]c(C(=O)O)c(C)c1C(=O)N(C)CC(F)F. The van der Waals surface area contributed by atoms with Crippen LogP contribution >= 0.6 is 0 Å². The van der Waals surface area contributed by atoms with Crippen molar-refractivity contribution in [1.82, 2.24) is 9.88 Å². The van der Waals surface area contributed by atoms with E-state index in [4.69, 9.17) is 5.11 Å². The standard InChI is InChI=1S/C11H14F2N2O3/c1-5-8(6(2)14-9(5)11(17)18)10(16)15(3)4-7(12)13/h7,14H,4H2,1-3H3,(H,17,18). The van der Waals surface area contributed by atoms with Gasteiger partial charge >= 0.3 is 5.97 Å². The van der Waals surface area contributed by atoms with Gasteiger partial charge in [0, 0.05) is 12.7 Å². The lowest BCUT2D eigenvalue weighted by atomic mass is 10.1. The predicted octanol–water partition coefficient (Wildman–Crippen LogP) is 1.67. The maximum Gasteiger partial charge on any atom is 0.352 e. The number of rotatable bonds is 4. The van der Waals surface area contributed by atoms with Gasteiger partial charge in [-0.3, -0.25) is 4.79 Å². The average molecular weight is 260 g/mol. The largest absolute Gasteiger partial charge is 0.477 e. The lowest BCUT2D eigenvalue weighted by Crippen LogP contribution is -2.31. The number of aromatic amines is 1. The molecule has 0 saturated carbocycles. The van der Waals surface area contributed by atoms with Crippen molar-refractivity contribution in [3.63, 3.8) is 0 Å². The Kier molecular flexibility index (Phi) is 4.05. The first-order valence-electron chi connectivity index (χ1n) is 5.21. The van der Waals surface area contributed by atoms with Crippen molar-refractivity contribution >= 4 is 11.9 Å². The fourth-order valence-corrected chi connectivity index (χ4v) is 1.77. The number of aryl methyl sites for hydroxylation is 1. The quantitative estimate of drug-likeness (QED) is 0.864. The van der Waals surface area contributed by atoms with E-state index < -0.39 is 24.8 Å². The van der Waals surface area contributed by atoms with Gasteiger partial charge in [0.1, 0.15) is 5.69 Å². The zero-order valence-corrected chi connectivity index (χ0v) is 10.3. The highest BCUT2D eigenvalue weighted by molar-refractivity contribution is 6.00. The summed E-state index contributed by atoms with van der Waals surface area (Å²) in [6.07, 6.45) is -2.63. The number of carboxylic acids is 1. The van der Waals surface area contributed by atoms with Crippen LogP contribution in [0.2, 0.25) is 0 Å². The Labute approximate surface area is 102 Å². The molecule has 1 rings (SSSR count). The third-order valence-corrected chi connectivity index (χ3v) is 2.62. The van der Waals surface area contributed by atoms with Gasteiger partial charge in [-0.1, -0.05) is 0 Å². The number of aromatic carboxylic acids is 1. The topological polar surface area (TPSA) is 73.4 Å². The summed E-state index contributed by atoms with van der Waals surface area (Å²) in [5.74, 6) is -1.81. The minimum atomic E-state index is -2.63. The molecule has 1 amide bonds. The normalized spacial score (nSPS) is 10.8. The van der Waals surface area contributed by atoms with Crippen LogP contribution < -0.4 is 0 Å². The second-order valence-corrected chi connectivity index (χ2v) is 4.01. The van der Waals surface area contributed by atoms with E-state index in [1.54, 1.807) is 0 Å². The highest BCUT2D eigenvalue weighted by atomic mass is 19.3. The Morgan fingerprint density at radius 1 is 1.39 bits per heavy atom. The number of alkyl halides is 2. The van der Waals surface area contributed by atoms with Crippen LogP contribution in [0.1, 0.15) is 32.1 Å². The molecule has 0 aliphatic rings. The summed E-state index contributed by atoms with van der Waals surface area (Å²) < 4.78 is 24.4. The Morgan fingerprint density at radius 3 is 2.33 bits per heavy atom. The van der Waals surface area contributed by atoms with Crippen LogP contribution in [0.5, 0.6) is 0 Å². The van der Waals surface area contributed by atoms with E-state index in [-0.39, 0.29) is 16.8 Å². The maximum absolute atomic E-state index is 12.2. The number of hydrogen-bond donors (Lipinski definition) is 2. The Bertz CT molecular complexity index is 483. The van der Waals surface area contributed by atoms with Gasteiger partial charge in [-0.05, 0) is 19.4 Å². The molecule has 0 fully saturated rings. The number of aromatic nitrogens is 1. The van der Waals surface area contributed by atoms with E-state index in [0.717, 1.165) is 4.90 Å². The first-order chi connectivity index (χ1) is 8.25. The van der Waals surface area contributed by atoms with Crippen molar-refractivity contribution < 1.29 is 23.5 Å². The highest BCUT2D eigenvalue weighted by Crippen LogP contribution is 2.19. The molecule has 0 spiro atoms. The first kappa shape index (κ1) is 14.1. The molecule has 2 N–H and O–H groups in total. The number of H-pyrrole nitrogens is 1. The van der Waals surface area contributed by atoms with Crippen LogP contribution in [0.4, 0.5) is 8.78 Å². The molecule has 1 heterocycles. The molecule has 0 aliphatic carbocycles. The molecule has 18 heavy (non-hydrogen) atoms. The van der Waals surface area contributed by atoms with Gasteiger partial charge in [0.25, 0.3) is 12.3 Å². The Morgan fingerprint density at radius 2 is 1.94 bits per heavy atom. The van der Waals surface area contributed by atoms with E-state index in [1.807, 2.05) is 0 Å². The monoisotopic (exact) mass is 260 g/mol. The summed E-state index contributed by atoms with van der Waals surface area (Å²) in [6, 6.07) is 0. The molecule has 1 aromatic rings. The fourth-order valence-electron chi connectivity index (χ4n) is 1.77. The van der Waals surface area contributed by atoms with Crippen LogP contribution in [-0.4, -0.2) is 46.9 Å². The van der Waals surface area contributed by atoms with Gasteiger partial charge in [0.05, 0.1) is 12.1 Å². The molecule has 5 nitrogen and oxygen atoms in total. The zero-order chi connectivity index (χ0) is 14.0. The number of hydrogen-bond acceptors (Lipinski definition) is 2. The summed E-state index contributed by atoms with van der Waals surface area (Å²) in [5.41, 5.74) is 0.652.